The zero-order valence-electron chi connectivity index (χ0n) is 16.2. The largest absolute Gasteiger partial charge is 0.376 e. The van der Waals surface area contributed by atoms with Crippen LogP contribution in [0.3, 0.4) is 0 Å². The third kappa shape index (κ3) is 5.37. The van der Waals surface area contributed by atoms with Gasteiger partial charge in [-0.15, -0.1) is 0 Å². The topological polar surface area (TPSA) is 61.4 Å². The van der Waals surface area contributed by atoms with Crippen molar-refractivity contribution in [3.8, 4) is 0 Å². The number of piperidine rings is 1. The van der Waals surface area contributed by atoms with Crippen LogP contribution in [-0.4, -0.2) is 41.4 Å². The van der Waals surface area contributed by atoms with Gasteiger partial charge in [-0.2, -0.15) is 0 Å². The van der Waals surface area contributed by atoms with Crippen LogP contribution in [0.5, 0.6) is 0 Å². The van der Waals surface area contributed by atoms with E-state index >= 15 is 0 Å². The van der Waals surface area contributed by atoms with E-state index in [0.29, 0.717) is 16.6 Å². The number of carbonyl (C=O) groups is 2. The van der Waals surface area contributed by atoms with Gasteiger partial charge in [0.15, 0.2) is 0 Å². The summed E-state index contributed by atoms with van der Waals surface area (Å²) >= 11 is 6.29. The fourth-order valence-electron chi connectivity index (χ4n) is 3.02. The molecule has 6 heteroatoms. The molecule has 0 spiro atoms. The van der Waals surface area contributed by atoms with Gasteiger partial charge in [-0.3, -0.25) is 9.59 Å². The minimum absolute atomic E-state index is 0.0971. The van der Waals surface area contributed by atoms with Crippen LogP contribution in [0.25, 0.3) is 0 Å². The molecule has 2 rings (SSSR count). The maximum Gasteiger partial charge on any atom is 0.253 e. The fraction of sp³-hybridized carbons (Fsp3) is 0.600. The Hall–Kier alpha value is -1.75. The first-order valence-electron chi connectivity index (χ1n) is 9.39. The number of amides is 2. The first-order chi connectivity index (χ1) is 12.2. The number of anilines is 1. The molecule has 0 bridgehead atoms. The number of benzene rings is 1. The summed E-state index contributed by atoms with van der Waals surface area (Å²) in [4.78, 5) is 26.7. The van der Waals surface area contributed by atoms with Crippen LogP contribution in [0, 0.1) is 0 Å². The summed E-state index contributed by atoms with van der Waals surface area (Å²) in [7, 11) is 0. The van der Waals surface area contributed by atoms with Crippen LogP contribution in [-0.2, 0) is 4.79 Å². The second-order valence-electron chi connectivity index (χ2n) is 7.67. The Morgan fingerprint density at radius 2 is 2.04 bits per heavy atom. The van der Waals surface area contributed by atoms with E-state index in [9.17, 15) is 9.59 Å². The number of nitrogens with zero attached hydrogens (tertiary/aromatic N) is 1. The number of hydrogen-bond acceptors (Lipinski definition) is 3. The molecule has 2 amide bonds. The first kappa shape index (κ1) is 20.6. The smallest absolute Gasteiger partial charge is 0.253 e. The molecule has 2 N–H and O–H groups in total. The lowest BCUT2D eigenvalue weighted by Crippen LogP contribution is -2.44. The summed E-state index contributed by atoms with van der Waals surface area (Å²) in [5.41, 5.74) is 0.892. The summed E-state index contributed by atoms with van der Waals surface area (Å²) < 4.78 is 0. The molecule has 1 aromatic rings. The predicted molar refractivity (Wildman–Crippen MR) is 107 cm³/mol. The number of halogens is 1. The highest BCUT2D eigenvalue weighted by molar-refractivity contribution is 6.34. The highest BCUT2D eigenvalue weighted by Crippen LogP contribution is 2.22. The van der Waals surface area contributed by atoms with E-state index in [0.717, 1.165) is 31.5 Å². The standard InChI is InChI=1S/C20H30ClN3O2/c1-5-20(3,4)23-19(26)16-10-9-15(12-17(16)21)22-13-18(25)24-11-7-6-8-14(24)2/h9-10,12,14,22H,5-8,11,13H2,1-4H3,(H,23,26). The van der Waals surface area contributed by atoms with E-state index in [-0.39, 0.29) is 23.9 Å². The first-order valence-corrected chi connectivity index (χ1v) is 9.76. The summed E-state index contributed by atoms with van der Waals surface area (Å²) in [5.74, 6) is -0.0912. The molecule has 1 fully saturated rings. The molecular formula is C20H30ClN3O2. The molecule has 26 heavy (non-hydrogen) atoms. The van der Waals surface area contributed by atoms with Crippen molar-refractivity contribution in [3.63, 3.8) is 0 Å². The number of nitrogens with one attached hydrogen (secondary N) is 2. The summed E-state index contributed by atoms with van der Waals surface area (Å²) in [6, 6.07) is 5.48. The zero-order valence-corrected chi connectivity index (χ0v) is 16.9. The highest BCUT2D eigenvalue weighted by atomic mass is 35.5. The van der Waals surface area contributed by atoms with Gasteiger partial charge < -0.3 is 15.5 Å². The molecule has 1 aromatic carbocycles. The Balaban J connectivity index is 1.96. The van der Waals surface area contributed by atoms with Crippen LogP contribution in [0.2, 0.25) is 5.02 Å². The fourth-order valence-corrected chi connectivity index (χ4v) is 3.29. The van der Waals surface area contributed by atoms with Crippen molar-refractivity contribution >= 4 is 29.1 Å². The molecule has 144 valence electrons. The molecule has 1 aliphatic heterocycles. The lowest BCUT2D eigenvalue weighted by Gasteiger charge is -2.33. The van der Waals surface area contributed by atoms with Crippen molar-refractivity contribution < 1.29 is 9.59 Å². The van der Waals surface area contributed by atoms with Gasteiger partial charge in [-0.05, 0) is 64.7 Å². The van der Waals surface area contributed by atoms with Crippen molar-refractivity contribution in [2.75, 3.05) is 18.4 Å². The number of carbonyl (C=O) groups excluding carboxylic acids is 2. The molecule has 1 saturated heterocycles. The maximum atomic E-state index is 12.4. The van der Waals surface area contributed by atoms with E-state index in [1.165, 1.54) is 6.42 Å². The van der Waals surface area contributed by atoms with Crippen molar-refractivity contribution in [1.82, 2.24) is 10.2 Å². The number of hydrogen-bond donors (Lipinski definition) is 2. The van der Waals surface area contributed by atoms with Gasteiger partial charge in [0.25, 0.3) is 5.91 Å². The molecule has 5 nitrogen and oxygen atoms in total. The van der Waals surface area contributed by atoms with Crippen LogP contribution < -0.4 is 10.6 Å². The minimum atomic E-state index is -0.283. The predicted octanol–water partition coefficient (Wildman–Crippen LogP) is 4.07. The van der Waals surface area contributed by atoms with Crippen molar-refractivity contribution in [1.29, 1.82) is 0 Å². The maximum absolute atomic E-state index is 12.4. The molecule has 0 aromatic heterocycles. The van der Waals surface area contributed by atoms with Crippen molar-refractivity contribution in [2.45, 2.75) is 65.0 Å². The summed E-state index contributed by atoms with van der Waals surface area (Å²) in [5, 5.41) is 6.47. The zero-order chi connectivity index (χ0) is 19.3. The van der Waals surface area contributed by atoms with Crippen LogP contribution in [0.1, 0.15) is 63.7 Å². The average Bonchev–Trinajstić information content (AvgIpc) is 2.59. The van der Waals surface area contributed by atoms with Gasteiger partial charge in [-0.1, -0.05) is 18.5 Å². The van der Waals surface area contributed by atoms with E-state index < -0.39 is 0 Å². The molecule has 1 aliphatic rings. The van der Waals surface area contributed by atoms with Crippen LogP contribution in [0.4, 0.5) is 5.69 Å². The van der Waals surface area contributed by atoms with Gasteiger partial charge in [0, 0.05) is 23.8 Å². The van der Waals surface area contributed by atoms with Gasteiger partial charge in [-0.25, -0.2) is 0 Å². The van der Waals surface area contributed by atoms with Crippen molar-refractivity contribution in [2.24, 2.45) is 0 Å². The molecule has 1 unspecified atom stereocenters. The van der Waals surface area contributed by atoms with Gasteiger partial charge in [0.05, 0.1) is 17.1 Å². The Morgan fingerprint density at radius 3 is 2.65 bits per heavy atom. The molecular weight excluding hydrogens is 350 g/mol. The quantitative estimate of drug-likeness (QED) is 0.783. The monoisotopic (exact) mass is 379 g/mol. The van der Waals surface area contributed by atoms with Crippen LogP contribution in [0.15, 0.2) is 18.2 Å². The number of likely N-dealkylation sites (tertiary alicyclic amines) is 1. The van der Waals surface area contributed by atoms with Crippen LogP contribution >= 0.6 is 11.6 Å². The lowest BCUT2D eigenvalue weighted by molar-refractivity contribution is -0.132. The Labute approximate surface area is 161 Å². The van der Waals surface area contributed by atoms with E-state index in [1.807, 2.05) is 25.7 Å². The molecule has 1 atom stereocenters. The Bertz CT molecular complexity index is 660. The second-order valence-corrected chi connectivity index (χ2v) is 8.08. The van der Waals surface area contributed by atoms with E-state index in [2.05, 4.69) is 17.6 Å². The SMILES string of the molecule is CCC(C)(C)NC(=O)c1ccc(NCC(=O)N2CCCCC2C)cc1Cl. The van der Waals surface area contributed by atoms with E-state index in [1.54, 1.807) is 18.2 Å². The van der Waals surface area contributed by atoms with Gasteiger partial charge in [0.2, 0.25) is 5.91 Å². The average molecular weight is 380 g/mol. The number of rotatable bonds is 6. The highest BCUT2D eigenvalue weighted by Gasteiger charge is 2.23. The summed E-state index contributed by atoms with van der Waals surface area (Å²) in [6.45, 7) is 9.13. The Kier molecular flexibility index (Phi) is 6.93. The van der Waals surface area contributed by atoms with Gasteiger partial charge in [0.1, 0.15) is 0 Å². The van der Waals surface area contributed by atoms with Gasteiger partial charge >= 0.3 is 0 Å². The minimum Gasteiger partial charge on any atom is -0.376 e. The normalized spacial score (nSPS) is 17.7. The molecule has 0 aliphatic carbocycles. The third-order valence-electron chi connectivity index (χ3n) is 5.12. The third-order valence-corrected chi connectivity index (χ3v) is 5.43. The molecule has 0 radical (unpaired) electrons. The molecule has 0 saturated carbocycles. The summed E-state index contributed by atoms with van der Waals surface area (Å²) in [6.07, 6.45) is 4.15. The van der Waals surface area contributed by atoms with E-state index in [4.69, 9.17) is 11.6 Å². The second kappa shape index (κ2) is 8.76. The Morgan fingerprint density at radius 1 is 1.31 bits per heavy atom. The molecule has 1 heterocycles. The van der Waals surface area contributed by atoms with Crippen molar-refractivity contribution in [3.05, 3.63) is 28.8 Å². The lowest BCUT2D eigenvalue weighted by atomic mass is 10.0.